The summed E-state index contributed by atoms with van der Waals surface area (Å²) in [7, 11) is 0. The van der Waals surface area contributed by atoms with E-state index in [1.165, 1.54) is 55.5 Å². The zero-order valence-corrected chi connectivity index (χ0v) is 14.3. The highest BCUT2D eigenvalue weighted by molar-refractivity contribution is 8.00. The smallest absolute Gasteiger partial charge is 0.0343 e. The highest BCUT2D eigenvalue weighted by Gasteiger charge is 2.27. The standard InChI is InChI=1S/C19H29NS/c1-14-6-5-7-15(2)19(14)20-16-10-12-18(13-11-16)21-17-8-3-4-9-17/h10-15,17,19-20H,3-9H2,1-2H3. The number of benzene rings is 1. The summed E-state index contributed by atoms with van der Waals surface area (Å²) < 4.78 is 0. The Bertz CT molecular complexity index is 425. The van der Waals surface area contributed by atoms with Crippen molar-refractivity contribution >= 4 is 17.4 Å². The molecule has 1 N–H and O–H groups in total. The molecule has 2 fully saturated rings. The maximum atomic E-state index is 3.79. The molecular formula is C19H29NS. The minimum Gasteiger partial charge on any atom is -0.382 e. The van der Waals surface area contributed by atoms with Crippen LogP contribution in [0.15, 0.2) is 29.2 Å². The Morgan fingerprint density at radius 1 is 0.857 bits per heavy atom. The molecule has 1 aromatic carbocycles. The highest BCUT2D eigenvalue weighted by Crippen LogP contribution is 2.36. The number of anilines is 1. The normalized spacial score (nSPS) is 30.5. The second-order valence-electron chi connectivity index (χ2n) is 7.10. The lowest BCUT2D eigenvalue weighted by atomic mass is 9.78. The summed E-state index contributed by atoms with van der Waals surface area (Å²) in [6.45, 7) is 4.80. The van der Waals surface area contributed by atoms with Gasteiger partial charge < -0.3 is 5.32 Å². The molecule has 0 bridgehead atoms. The minimum absolute atomic E-state index is 0.645. The fraction of sp³-hybridized carbons (Fsp3) is 0.684. The molecule has 0 aliphatic heterocycles. The quantitative estimate of drug-likeness (QED) is 0.736. The van der Waals surface area contributed by atoms with Gasteiger partial charge in [-0.05, 0) is 61.8 Å². The van der Waals surface area contributed by atoms with Crippen molar-refractivity contribution in [3.8, 4) is 0 Å². The van der Waals surface area contributed by atoms with Crippen molar-refractivity contribution in [1.29, 1.82) is 0 Å². The molecule has 2 aliphatic carbocycles. The van der Waals surface area contributed by atoms with Crippen molar-refractivity contribution in [3.63, 3.8) is 0 Å². The Morgan fingerprint density at radius 2 is 1.48 bits per heavy atom. The van der Waals surface area contributed by atoms with Gasteiger partial charge in [-0.1, -0.05) is 33.1 Å². The monoisotopic (exact) mass is 303 g/mol. The largest absolute Gasteiger partial charge is 0.382 e. The molecule has 2 saturated carbocycles. The van der Waals surface area contributed by atoms with Crippen LogP contribution in [0.2, 0.25) is 0 Å². The van der Waals surface area contributed by atoms with Gasteiger partial charge in [0.15, 0.2) is 0 Å². The second-order valence-corrected chi connectivity index (χ2v) is 8.48. The highest BCUT2D eigenvalue weighted by atomic mass is 32.2. The molecule has 2 unspecified atom stereocenters. The summed E-state index contributed by atoms with van der Waals surface area (Å²) in [4.78, 5) is 1.44. The van der Waals surface area contributed by atoms with Gasteiger partial charge in [0.2, 0.25) is 0 Å². The van der Waals surface area contributed by atoms with Crippen LogP contribution < -0.4 is 5.32 Å². The number of hydrogen-bond acceptors (Lipinski definition) is 2. The Morgan fingerprint density at radius 3 is 2.10 bits per heavy atom. The molecule has 0 heterocycles. The first-order valence-electron chi connectivity index (χ1n) is 8.75. The van der Waals surface area contributed by atoms with Gasteiger partial charge in [-0.2, -0.15) is 0 Å². The van der Waals surface area contributed by atoms with Crippen LogP contribution in [0.5, 0.6) is 0 Å². The summed E-state index contributed by atoms with van der Waals surface area (Å²) in [5.74, 6) is 1.59. The van der Waals surface area contributed by atoms with Gasteiger partial charge in [0, 0.05) is 21.9 Å². The molecule has 1 aromatic rings. The number of hydrogen-bond donors (Lipinski definition) is 1. The van der Waals surface area contributed by atoms with Gasteiger partial charge in [-0.25, -0.2) is 0 Å². The van der Waals surface area contributed by atoms with Crippen molar-refractivity contribution in [1.82, 2.24) is 0 Å². The molecule has 116 valence electrons. The van der Waals surface area contributed by atoms with E-state index in [0.29, 0.717) is 6.04 Å². The Hall–Kier alpha value is -0.630. The first-order valence-corrected chi connectivity index (χ1v) is 9.63. The summed E-state index contributed by atoms with van der Waals surface area (Å²) in [5.41, 5.74) is 1.30. The van der Waals surface area contributed by atoms with Gasteiger partial charge >= 0.3 is 0 Å². The first kappa shape index (κ1) is 15.3. The van der Waals surface area contributed by atoms with Gasteiger partial charge in [0.25, 0.3) is 0 Å². The van der Waals surface area contributed by atoms with Crippen LogP contribution in [0.3, 0.4) is 0 Å². The number of rotatable bonds is 4. The third-order valence-electron chi connectivity index (χ3n) is 5.34. The van der Waals surface area contributed by atoms with Crippen molar-refractivity contribution in [2.24, 2.45) is 11.8 Å². The van der Waals surface area contributed by atoms with Crippen molar-refractivity contribution < 1.29 is 0 Å². The summed E-state index contributed by atoms with van der Waals surface area (Å²) in [5, 5.41) is 4.66. The minimum atomic E-state index is 0.645. The van der Waals surface area contributed by atoms with E-state index in [9.17, 15) is 0 Å². The van der Waals surface area contributed by atoms with Crippen molar-refractivity contribution in [2.75, 3.05) is 5.32 Å². The molecule has 0 saturated heterocycles. The van der Waals surface area contributed by atoms with Crippen LogP contribution in [-0.4, -0.2) is 11.3 Å². The van der Waals surface area contributed by atoms with Crippen LogP contribution in [0.25, 0.3) is 0 Å². The lowest BCUT2D eigenvalue weighted by molar-refractivity contribution is 0.268. The van der Waals surface area contributed by atoms with Crippen molar-refractivity contribution in [2.45, 2.75) is 75.0 Å². The van der Waals surface area contributed by atoms with E-state index in [0.717, 1.165) is 17.1 Å². The van der Waals surface area contributed by atoms with E-state index in [-0.39, 0.29) is 0 Å². The lowest BCUT2D eigenvalue weighted by Gasteiger charge is -2.36. The zero-order chi connectivity index (χ0) is 14.7. The fourth-order valence-electron chi connectivity index (χ4n) is 3.99. The van der Waals surface area contributed by atoms with E-state index < -0.39 is 0 Å². The van der Waals surface area contributed by atoms with Crippen LogP contribution in [-0.2, 0) is 0 Å². The van der Waals surface area contributed by atoms with E-state index >= 15 is 0 Å². The third-order valence-corrected chi connectivity index (χ3v) is 6.69. The fourth-order valence-corrected chi connectivity index (χ4v) is 5.23. The number of thioether (sulfide) groups is 1. The predicted octanol–water partition coefficient (Wildman–Crippen LogP) is 5.96. The molecule has 0 amide bonds. The van der Waals surface area contributed by atoms with E-state index in [2.05, 4.69) is 55.2 Å². The van der Waals surface area contributed by atoms with Crippen LogP contribution in [0, 0.1) is 11.8 Å². The van der Waals surface area contributed by atoms with Crippen molar-refractivity contribution in [3.05, 3.63) is 24.3 Å². The number of nitrogens with one attached hydrogen (secondary N) is 1. The molecule has 0 spiro atoms. The second kappa shape index (κ2) is 7.09. The molecule has 0 radical (unpaired) electrons. The molecule has 2 atom stereocenters. The molecule has 0 aromatic heterocycles. The Balaban J connectivity index is 1.58. The topological polar surface area (TPSA) is 12.0 Å². The summed E-state index contributed by atoms with van der Waals surface area (Å²) >= 11 is 2.08. The third kappa shape index (κ3) is 3.97. The maximum Gasteiger partial charge on any atom is 0.0343 e. The van der Waals surface area contributed by atoms with E-state index in [4.69, 9.17) is 0 Å². The summed E-state index contributed by atoms with van der Waals surface area (Å²) in [6.07, 6.45) is 9.81. The van der Waals surface area contributed by atoms with Gasteiger partial charge in [-0.3, -0.25) is 0 Å². The molecular weight excluding hydrogens is 274 g/mol. The first-order chi connectivity index (χ1) is 10.2. The van der Waals surface area contributed by atoms with Gasteiger partial charge in [0.05, 0.1) is 0 Å². The molecule has 2 aliphatic rings. The predicted molar refractivity (Wildman–Crippen MR) is 94.1 cm³/mol. The lowest BCUT2D eigenvalue weighted by Crippen LogP contribution is -2.36. The SMILES string of the molecule is CC1CCCC(C)C1Nc1ccc(SC2CCCC2)cc1. The molecule has 1 nitrogen and oxygen atoms in total. The maximum absolute atomic E-state index is 3.79. The molecule has 3 rings (SSSR count). The van der Waals surface area contributed by atoms with Crippen LogP contribution in [0.4, 0.5) is 5.69 Å². The van der Waals surface area contributed by atoms with E-state index in [1.807, 2.05) is 0 Å². The summed E-state index contributed by atoms with van der Waals surface area (Å²) in [6, 6.07) is 9.83. The van der Waals surface area contributed by atoms with Crippen LogP contribution >= 0.6 is 11.8 Å². The molecule has 2 heteroatoms. The van der Waals surface area contributed by atoms with Gasteiger partial charge in [-0.15, -0.1) is 11.8 Å². The average Bonchev–Trinajstić information content (AvgIpc) is 2.98. The van der Waals surface area contributed by atoms with E-state index in [1.54, 1.807) is 0 Å². The van der Waals surface area contributed by atoms with Gasteiger partial charge in [0.1, 0.15) is 0 Å². The molecule has 21 heavy (non-hydrogen) atoms. The Labute approximate surface area is 134 Å². The average molecular weight is 304 g/mol. The van der Waals surface area contributed by atoms with Crippen LogP contribution in [0.1, 0.15) is 58.8 Å². The zero-order valence-electron chi connectivity index (χ0n) is 13.5. The Kier molecular flexibility index (Phi) is 5.15.